The minimum Gasteiger partial charge on any atom is -0.503 e. The van der Waals surface area contributed by atoms with Crippen molar-refractivity contribution in [2.75, 3.05) is 46.0 Å². The van der Waals surface area contributed by atoms with E-state index in [2.05, 4.69) is 11.8 Å². The lowest BCUT2D eigenvalue weighted by Crippen LogP contribution is -2.43. The molecule has 0 saturated carbocycles. The highest BCUT2D eigenvalue weighted by molar-refractivity contribution is 6.16. The molecule has 2 aliphatic rings. The van der Waals surface area contributed by atoms with Crippen molar-refractivity contribution in [3.8, 4) is 5.75 Å². The van der Waals surface area contributed by atoms with Gasteiger partial charge in [-0.05, 0) is 36.2 Å². The van der Waals surface area contributed by atoms with E-state index in [1.807, 2.05) is 42.5 Å². The van der Waals surface area contributed by atoms with E-state index in [9.17, 15) is 14.7 Å². The number of hydrogen-bond donors (Lipinski definition) is 1. The average molecular weight is 505 g/mol. The lowest BCUT2D eigenvalue weighted by molar-refractivity contribution is -0.129. The van der Waals surface area contributed by atoms with E-state index in [1.54, 1.807) is 17.0 Å². The van der Waals surface area contributed by atoms with Gasteiger partial charge in [-0.25, -0.2) is 0 Å². The molecule has 0 spiro atoms. The molecule has 194 valence electrons. The minimum absolute atomic E-state index is 0.0330. The molecule has 3 aromatic rings. The lowest BCUT2D eigenvalue weighted by Gasteiger charge is -2.31. The zero-order chi connectivity index (χ0) is 25.8. The van der Waals surface area contributed by atoms with E-state index in [0.717, 1.165) is 42.6 Å². The van der Waals surface area contributed by atoms with Crippen LogP contribution in [0.4, 0.5) is 0 Å². The third-order valence-corrected chi connectivity index (χ3v) is 6.92. The normalized spacial score (nSPS) is 18.7. The van der Waals surface area contributed by atoms with E-state index in [-0.39, 0.29) is 11.3 Å². The molecular formula is C29H32N2O6. The van der Waals surface area contributed by atoms with Gasteiger partial charge < -0.3 is 23.9 Å². The van der Waals surface area contributed by atoms with Gasteiger partial charge in [0.1, 0.15) is 11.3 Å². The number of fused-ring (bicyclic) bond motifs is 1. The van der Waals surface area contributed by atoms with Gasteiger partial charge >= 0.3 is 0 Å². The van der Waals surface area contributed by atoms with Crippen LogP contribution in [0.15, 0.2) is 70.3 Å². The van der Waals surface area contributed by atoms with Crippen molar-refractivity contribution in [1.82, 2.24) is 9.80 Å². The Kier molecular flexibility index (Phi) is 7.58. The fourth-order valence-corrected chi connectivity index (χ4v) is 4.84. The molecule has 5 rings (SSSR count). The number of aliphatic hydroxyl groups excluding tert-OH is 1. The van der Waals surface area contributed by atoms with Crippen LogP contribution in [0, 0.1) is 0 Å². The number of nitrogens with zero attached hydrogens (tertiary/aromatic N) is 2. The third kappa shape index (κ3) is 5.26. The van der Waals surface area contributed by atoms with Gasteiger partial charge in [0.2, 0.25) is 5.78 Å². The van der Waals surface area contributed by atoms with Crippen molar-refractivity contribution < 1.29 is 28.6 Å². The first-order valence-electron chi connectivity index (χ1n) is 12.9. The molecule has 8 heteroatoms. The van der Waals surface area contributed by atoms with Crippen LogP contribution in [0.1, 0.15) is 41.9 Å². The van der Waals surface area contributed by atoms with E-state index < -0.39 is 23.5 Å². The van der Waals surface area contributed by atoms with Crippen molar-refractivity contribution in [1.29, 1.82) is 0 Å². The molecule has 0 radical (unpaired) electrons. The lowest BCUT2D eigenvalue weighted by atomic mass is 9.95. The maximum absolute atomic E-state index is 13.7. The number of rotatable bonds is 10. The smallest absolute Gasteiger partial charge is 0.290 e. The fraction of sp³-hybridized carbons (Fsp3) is 0.379. The van der Waals surface area contributed by atoms with Crippen LogP contribution in [0.2, 0.25) is 0 Å². The van der Waals surface area contributed by atoms with Gasteiger partial charge in [0, 0.05) is 31.6 Å². The largest absolute Gasteiger partial charge is 0.503 e. The molecule has 1 fully saturated rings. The Morgan fingerprint density at radius 3 is 2.57 bits per heavy atom. The molecular weight excluding hydrogens is 472 g/mol. The second-order valence-electron chi connectivity index (χ2n) is 9.37. The highest BCUT2D eigenvalue weighted by atomic mass is 16.5. The number of carbonyl (C=O) groups excluding carboxylic acids is 2. The van der Waals surface area contributed by atoms with Crippen LogP contribution in [0.5, 0.6) is 5.75 Å². The minimum atomic E-state index is -0.737. The fourth-order valence-electron chi connectivity index (χ4n) is 4.84. The Morgan fingerprint density at radius 1 is 1.08 bits per heavy atom. The van der Waals surface area contributed by atoms with Crippen molar-refractivity contribution >= 4 is 22.7 Å². The van der Waals surface area contributed by atoms with Crippen LogP contribution in [-0.2, 0) is 9.53 Å². The summed E-state index contributed by atoms with van der Waals surface area (Å²) in [6, 6.07) is 15.6. The van der Waals surface area contributed by atoms with Crippen molar-refractivity contribution in [3.05, 3.63) is 77.3 Å². The summed E-state index contributed by atoms with van der Waals surface area (Å²) >= 11 is 0. The molecule has 1 N–H and O–H groups in total. The van der Waals surface area contributed by atoms with E-state index in [1.165, 1.54) is 0 Å². The summed E-state index contributed by atoms with van der Waals surface area (Å²) in [7, 11) is 0. The summed E-state index contributed by atoms with van der Waals surface area (Å²) in [5.74, 6) is -0.763. The summed E-state index contributed by atoms with van der Waals surface area (Å²) in [5, 5.41) is 11.8. The van der Waals surface area contributed by atoms with Crippen molar-refractivity contribution in [2.24, 2.45) is 0 Å². The van der Waals surface area contributed by atoms with Gasteiger partial charge in [-0.2, -0.15) is 0 Å². The van der Waals surface area contributed by atoms with E-state index in [4.69, 9.17) is 13.9 Å². The van der Waals surface area contributed by atoms with Crippen molar-refractivity contribution in [2.45, 2.75) is 25.8 Å². The van der Waals surface area contributed by atoms with Gasteiger partial charge in [-0.3, -0.25) is 14.5 Å². The molecule has 2 aromatic carbocycles. The molecule has 1 unspecified atom stereocenters. The number of unbranched alkanes of at least 4 members (excludes halogenated alkanes) is 1. The first-order valence-corrected chi connectivity index (χ1v) is 12.9. The molecule has 2 aliphatic heterocycles. The van der Waals surface area contributed by atoms with Gasteiger partial charge in [-0.1, -0.05) is 43.7 Å². The van der Waals surface area contributed by atoms with Gasteiger partial charge in [0.15, 0.2) is 11.5 Å². The molecule has 8 nitrogen and oxygen atoms in total. The molecule has 1 amide bonds. The molecule has 1 atom stereocenters. The predicted molar refractivity (Wildman–Crippen MR) is 139 cm³/mol. The third-order valence-electron chi connectivity index (χ3n) is 6.92. The van der Waals surface area contributed by atoms with Crippen LogP contribution >= 0.6 is 0 Å². The number of amides is 1. The van der Waals surface area contributed by atoms with Crippen LogP contribution in [0.25, 0.3) is 11.0 Å². The summed E-state index contributed by atoms with van der Waals surface area (Å²) in [6.45, 7) is 6.56. The number of benzene rings is 2. The Labute approximate surface area is 216 Å². The predicted octanol–water partition coefficient (Wildman–Crippen LogP) is 4.52. The molecule has 37 heavy (non-hydrogen) atoms. The standard InChI is InChI=1S/C29H32N2O6/c1-2-3-16-36-22-10-8-20(9-11-22)26-25(27(32)24-19-21-6-4-5-7-23(21)37-24)28(33)29(34)31(26)13-12-30-14-17-35-18-15-30/h4-11,19,26,33H,2-3,12-18H2,1H3. The summed E-state index contributed by atoms with van der Waals surface area (Å²) in [5.41, 5.74) is 1.33. The number of morpholine rings is 1. The highest BCUT2D eigenvalue weighted by Crippen LogP contribution is 2.40. The van der Waals surface area contributed by atoms with Crippen LogP contribution in [0.3, 0.4) is 0 Å². The second kappa shape index (κ2) is 11.2. The summed E-state index contributed by atoms with van der Waals surface area (Å²) < 4.78 is 17.0. The molecule has 1 saturated heterocycles. The zero-order valence-corrected chi connectivity index (χ0v) is 21.0. The Hall–Kier alpha value is -3.62. The topological polar surface area (TPSA) is 92.5 Å². The van der Waals surface area contributed by atoms with Gasteiger partial charge in [-0.15, -0.1) is 0 Å². The van der Waals surface area contributed by atoms with Gasteiger partial charge in [0.25, 0.3) is 5.91 Å². The van der Waals surface area contributed by atoms with E-state index >= 15 is 0 Å². The average Bonchev–Trinajstić information content (AvgIpc) is 3.47. The molecule has 1 aromatic heterocycles. The SMILES string of the molecule is CCCCOc1ccc(C2C(C(=O)c3cc4ccccc4o3)=C(O)C(=O)N2CCN2CCOCC2)cc1. The molecule has 3 heterocycles. The van der Waals surface area contributed by atoms with Crippen molar-refractivity contribution in [3.63, 3.8) is 0 Å². The first-order chi connectivity index (χ1) is 18.1. The monoisotopic (exact) mass is 504 g/mol. The quantitative estimate of drug-likeness (QED) is 0.321. The van der Waals surface area contributed by atoms with Gasteiger partial charge in [0.05, 0.1) is 31.4 Å². The maximum Gasteiger partial charge on any atom is 0.290 e. The number of aliphatic hydroxyl groups is 1. The molecule has 0 aliphatic carbocycles. The number of furan rings is 1. The number of hydrogen-bond acceptors (Lipinski definition) is 7. The number of para-hydroxylation sites is 1. The molecule has 0 bridgehead atoms. The zero-order valence-electron chi connectivity index (χ0n) is 21.0. The Bertz CT molecular complexity index is 1260. The summed E-state index contributed by atoms with van der Waals surface area (Å²) in [4.78, 5) is 30.8. The van der Waals surface area contributed by atoms with Crippen LogP contribution in [-0.4, -0.2) is 72.6 Å². The Balaban J connectivity index is 1.46. The first kappa shape index (κ1) is 25.0. The summed E-state index contributed by atoms with van der Waals surface area (Å²) in [6.07, 6.45) is 2.00. The highest BCUT2D eigenvalue weighted by Gasteiger charge is 2.44. The number of ketones is 1. The second-order valence-corrected chi connectivity index (χ2v) is 9.37. The number of ether oxygens (including phenoxy) is 2. The number of Topliss-reactive ketones (excluding diaryl/α,β-unsaturated/α-hetero) is 1. The van der Waals surface area contributed by atoms with Crippen LogP contribution < -0.4 is 4.74 Å². The Morgan fingerprint density at radius 2 is 1.84 bits per heavy atom. The van der Waals surface area contributed by atoms with E-state index in [0.29, 0.717) is 38.5 Å². The maximum atomic E-state index is 13.7. The number of carbonyl (C=O) groups is 2.